The molecule has 0 radical (unpaired) electrons. The molecular formula is C27H38N10O. The van der Waals surface area contributed by atoms with Crippen LogP contribution in [0.5, 0.6) is 0 Å². The zero-order chi connectivity index (χ0) is 26.6. The molecule has 11 heteroatoms. The standard InChI is InChI=1S/C27H38N10O/c1-16-13-36(9-8-28-16)26(32-22-11-18-10-21(17(22)2)27(18,3)4)30-19-6-7-20-23(12-19)31-24(35(5)25(20)38)14-37-15-29-33-34-37/h6-7,12,15-18,21-22,28H,8-11,13-14H2,1-5H3,(H,30,32)/t16-,17-,18?,21-,22?/m0/s1. The Kier molecular flexibility index (Phi) is 6.20. The third-order valence-electron chi connectivity index (χ3n) is 9.39. The largest absolute Gasteiger partial charge is 0.340 e. The molecule has 3 aliphatic carbocycles. The van der Waals surface area contributed by atoms with Crippen molar-refractivity contribution in [1.29, 1.82) is 0 Å². The first-order valence-electron chi connectivity index (χ1n) is 13.7. The number of fused-ring (bicyclic) bond motifs is 3. The predicted octanol–water partition coefficient (Wildman–Crippen LogP) is 2.10. The Hall–Kier alpha value is -3.34. The molecular weight excluding hydrogens is 480 g/mol. The van der Waals surface area contributed by atoms with E-state index in [-0.39, 0.29) is 5.56 Å². The van der Waals surface area contributed by atoms with Crippen molar-refractivity contribution < 1.29 is 0 Å². The molecule has 1 saturated heterocycles. The van der Waals surface area contributed by atoms with Gasteiger partial charge in [0.2, 0.25) is 0 Å². The lowest BCUT2D eigenvalue weighted by Crippen LogP contribution is -2.57. The van der Waals surface area contributed by atoms with Gasteiger partial charge in [0.1, 0.15) is 18.7 Å². The Morgan fingerprint density at radius 2 is 2.11 bits per heavy atom. The first-order chi connectivity index (χ1) is 18.2. The van der Waals surface area contributed by atoms with Crippen molar-refractivity contribution in [3.05, 3.63) is 40.7 Å². The molecule has 3 aromatic rings. The molecule has 38 heavy (non-hydrogen) atoms. The van der Waals surface area contributed by atoms with Crippen LogP contribution in [-0.4, -0.2) is 72.3 Å². The van der Waals surface area contributed by atoms with E-state index in [0.717, 1.165) is 49.5 Å². The van der Waals surface area contributed by atoms with Gasteiger partial charge in [0.15, 0.2) is 5.96 Å². The van der Waals surface area contributed by atoms with Crippen molar-refractivity contribution in [1.82, 2.24) is 40.0 Å². The SMILES string of the molecule is C[C@@H]1C(N=C(Nc2ccc3c(=O)n(C)c(Cn4cnnn4)nc3c2)N2CCN[C@@H](C)C2)CC2C[C@@H]1C2(C)C. The first kappa shape index (κ1) is 25.0. The summed E-state index contributed by atoms with van der Waals surface area (Å²) in [5.41, 5.74) is 1.86. The molecule has 2 N–H and O–H groups in total. The maximum absolute atomic E-state index is 13.1. The summed E-state index contributed by atoms with van der Waals surface area (Å²) in [5, 5.41) is 19.0. The lowest BCUT2D eigenvalue weighted by atomic mass is 9.45. The topological polar surface area (TPSA) is 118 Å². The van der Waals surface area contributed by atoms with Gasteiger partial charge in [-0.1, -0.05) is 20.8 Å². The number of aliphatic imine (C=N–C) groups is 1. The molecule has 2 aromatic heterocycles. The monoisotopic (exact) mass is 518 g/mol. The fourth-order valence-electron chi connectivity index (χ4n) is 6.83. The molecule has 5 atom stereocenters. The smallest absolute Gasteiger partial charge is 0.261 e. The lowest BCUT2D eigenvalue weighted by molar-refractivity contribution is -0.108. The van der Waals surface area contributed by atoms with Crippen molar-refractivity contribution >= 4 is 22.5 Å². The Labute approximate surface area is 222 Å². The number of guanidine groups is 1. The van der Waals surface area contributed by atoms with E-state index in [1.165, 1.54) is 12.7 Å². The number of hydrogen-bond donors (Lipinski definition) is 2. The van der Waals surface area contributed by atoms with Gasteiger partial charge < -0.3 is 15.5 Å². The van der Waals surface area contributed by atoms with E-state index in [1.54, 1.807) is 16.3 Å². The van der Waals surface area contributed by atoms with E-state index in [1.807, 2.05) is 18.2 Å². The number of tetrazole rings is 1. The number of nitrogens with one attached hydrogen (secondary N) is 2. The van der Waals surface area contributed by atoms with Crippen LogP contribution < -0.4 is 16.2 Å². The van der Waals surface area contributed by atoms with E-state index < -0.39 is 0 Å². The van der Waals surface area contributed by atoms with Gasteiger partial charge in [-0.2, -0.15) is 0 Å². The second kappa shape index (κ2) is 9.44. The molecule has 7 rings (SSSR count). The fraction of sp³-hybridized carbons (Fsp3) is 0.630. The van der Waals surface area contributed by atoms with Gasteiger partial charge in [-0.15, -0.1) is 5.10 Å². The average Bonchev–Trinajstić information content (AvgIpc) is 3.40. The van der Waals surface area contributed by atoms with Gasteiger partial charge in [0, 0.05) is 38.4 Å². The van der Waals surface area contributed by atoms with Gasteiger partial charge in [-0.05, 0) is 71.6 Å². The first-order valence-corrected chi connectivity index (χ1v) is 13.7. The van der Waals surface area contributed by atoms with Crippen LogP contribution >= 0.6 is 0 Å². The summed E-state index contributed by atoms with van der Waals surface area (Å²) >= 11 is 0. The number of rotatable bonds is 4. The number of benzene rings is 1. The summed E-state index contributed by atoms with van der Waals surface area (Å²) in [6.07, 6.45) is 4.00. The predicted molar refractivity (Wildman–Crippen MR) is 147 cm³/mol. The van der Waals surface area contributed by atoms with Crippen LogP contribution in [0.2, 0.25) is 0 Å². The van der Waals surface area contributed by atoms with Crippen LogP contribution in [0.1, 0.15) is 46.4 Å². The lowest BCUT2D eigenvalue weighted by Gasteiger charge is -2.61. The molecule has 4 fully saturated rings. The molecule has 3 saturated carbocycles. The summed E-state index contributed by atoms with van der Waals surface area (Å²) in [6.45, 7) is 12.5. The number of hydrogen-bond acceptors (Lipinski definition) is 7. The third-order valence-corrected chi connectivity index (χ3v) is 9.39. The number of nitrogens with zero attached hydrogens (tertiary/aromatic N) is 8. The molecule has 0 spiro atoms. The Morgan fingerprint density at radius 3 is 2.82 bits per heavy atom. The molecule has 202 valence electrons. The molecule has 2 unspecified atom stereocenters. The highest BCUT2D eigenvalue weighted by atomic mass is 16.1. The molecule has 3 heterocycles. The maximum Gasteiger partial charge on any atom is 0.261 e. The van der Waals surface area contributed by atoms with Gasteiger partial charge in [-0.25, -0.2) is 14.7 Å². The van der Waals surface area contributed by atoms with Crippen LogP contribution in [0, 0.1) is 23.2 Å². The Morgan fingerprint density at radius 1 is 1.26 bits per heavy atom. The average molecular weight is 519 g/mol. The third kappa shape index (κ3) is 4.36. The normalized spacial score (nSPS) is 28.8. The van der Waals surface area contributed by atoms with Crippen molar-refractivity contribution in [3.8, 4) is 0 Å². The van der Waals surface area contributed by atoms with Crippen LogP contribution in [0.3, 0.4) is 0 Å². The van der Waals surface area contributed by atoms with Crippen molar-refractivity contribution in [2.24, 2.45) is 35.2 Å². The Bertz CT molecular complexity index is 1410. The van der Waals surface area contributed by atoms with Crippen LogP contribution in [0.4, 0.5) is 5.69 Å². The molecule has 11 nitrogen and oxygen atoms in total. The minimum Gasteiger partial charge on any atom is -0.340 e. The quantitative estimate of drug-likeness (QED) is 0.398. The zero-order valence-electron chi connectivity index (χ0n) is 22.9. The molecule has 0 amide bonds. The number of anilines is 1. The van der Waals surface area contributed by atoms with E-state index in [0.29, 0.717) is 46.7 Å². The second-order valence-corrected chi connectivity index (χ2v) is 12.0. The van der Waals surface area contributed by atoms with E-state index in [9.17, 15) is 4.79 Å². The summed E-state index contributed by atoms with van der Waals surface area (Å²) < 4.78 is 3.12. The van der Waals surface area contributed by atoms with Gasteiger partial charge in [0.05, 0.1) is 16.9 Å². The second-order valence-electron chi connectivity index (χ2n) is 12.0. The maximum atomic E-state index is 13.1. The van der Waals surface area contributed by atoms with E-state index in [2.05, 4.69) is 58.8 Å². The zero-order valence-corrected chi connectivity index (χ0v) is 22.9. The van der Waals surface area contributed by atoms with E-state index in [4.69, 9.17) is 9.98 Å². The van der Waals surface area contributed by atoms with Crippen molar-refractivity contribution in [2.45, 2.75) is 59.2 Å². The summed E-state index contributed by atoms with van der Waals surface area (Å²) in [4.78, 5) is 25.6. The van der Waals surface area contributed by atoms with Gasteiger partial charge >= 0.3 is 0 Å². The van der Waals surface area contributed by atoms with Crippen LogP contribution in [0.25, 0.3) is 10.9 Å². The summed E-state index contributed by atoms with van der Waals surface area (Å²) in [7, 11) is 1.73. The molecule has 1 aromatic carbocycles. The highest BCUT2D eigenvalue weighted by molar-refractivity contribution is 5.96. The summed E-state index contributed by atoms with van der Waals surface area (Å²) in [5.74, 6) is 3.56. The molecule has 4 aliphatic rings. The van der Waals surface area contributed by atoms with Gasteiger partial charge in [-0.3, -0.25) is 9.36 Å². The highest BCUT2D eigenvalue weighted by Gasteiger charge is 2.56. The van der Waals surface area contributed by atoms with Crippen molar-refractivity contribution in [3.63, 3.8) is 0 Å². The summed E-state index contributed by atoms with van der Waals surface area (Å²) in [6, 6.07) is 6.46. The molecule has 1 aliphatic heterocycles. The fourth-order valence-corrected chi connectivity index (χ4v) is 6.83. The highest BCUT2D eigenvalue weighted by Crippen LogP contribution is 2.61. The van der Waals surface area contributed by atoms with Crippen molar-refractivity contribution in [2.75, 3.05) is 25.0 Å². The van der Waals surface area contributed by atoms with Crippen LogP contribution in [-0.2, 0) is 13.6 Å². The van der Waals surface area contributed by atoms with Crippen LogP contribution in [0.15, 0.2) is 34.3 Å². The Balaban J connectivity index is 1.32. The molecule has 2 bridgehead atoms. The van der Waals surface area contributed by atoms with Gasteiger partial charge in [0.25, 0.3) is 5.56 Å². The van der Waals surface area contributed by atoms with E-state index >= 15 is 0 Å². The minimum absolute atomic E-state index is 0.0904. The minimum atomic E-state index is -0.0904. The number of aromatic nitrogens is 6. The number of piperazine rings is 1.